The molecule has 1 amide bonds. The summed E-state index contributed by atoms with van der Waals surface area (Å²) in [5, 5.41) is 10.8. The van der Waals surface area contributed by atoms with E-state index in [9.17, 15) is 26.7 Å². The van der Waals surface area contributed by atoms with Crippen LogP contribution in [0.4, 0.5) is 22.0 Å². The Bertz CT molecular complexity index is 473. The third-order valence-corrected chi connectivity index (χ3v) is 2.49. The minimum atomic E-state index is -2.33. The molecule has 0 saturated heterocycles. The van der Waals surface area contributed by atoms with Crippen molar-refractivity contribution in [2.45, 2.75) is 19.4 Å². The molecule has 0 spiro atoms. The predicted octanol–water partition coefficient (Wildman–Crippen LogP) is 1.88. The lowest BCUT2D eigenvalue weighted by molar-refractivity contribution is 0.0903. The number of amides is 1. The first kappa shape index (κ1) is 15.4. The molecule has 0 aliphatic carbocycles. The molecule has 0 aliphatic heterocycles. The second kappa shape index (κ2) is 5.96. The summed E-state index contributed by atoms with van der Waals surface area (Å²) in [5.41, 5.74) is -1.57. The smallest absolute Gasteiger partial charge is 0.257 e. The van der Waals surface area contributed by atoms with Crippen molar-refractivity contribution in [2.75, 3.05) is 6.61 Å². The normalized spacial score (nSPS) is 12.4. The molecule has 1 rings (SSSR count). The Morgan fingerprint density at radius 3 is 1.84 bits per heavy atom. The highest BCUT2D eigenvalue weighted by Gasteiger charge is 2.30. The Labute approximate surface area is 105 Å². The lowest BCUT2D eigenvalue weighted by atomic mass is 10.1. The van der Waals surface area contributed by atoms with E-state index in [2.05, 4.69) is 0 Å². The molecular formula is C11H10F5NO2. The van der Waals surface area contributed by atoms with Gasteiger partial charge in [-0.2, -0.15) is 0 Å². The predicted molar refractivity (Wildman–Crippen MR) is 54.9 cm³/mol. The van der Waals surface area contributed by atoms with Crippen LogP contribution in [0, 0.1) is 29.1 Å². The van der Waals surface area contributed by atoms with Crippen LogP contribution >= 0.6 is 0 Å². The van der Waals surface area contributed by atoms with E-state index in [1.54, 1.807) is 6.92 Å². The molecule has 1 atom stereocenters. The molecule has 1 aromatic carbocycles. The first-order chi connectivity index (χ1) is 8.84. The SMILES string of the molecule is CC[C@H](CO)NC(=O)c1c(F)c(F)c(F)c(F)c1F. The zero-order chi connectivity index (χ0) is 14.7. The van der Waals surface area contributed by atoms with Gasteiger partial charge in [0.25, 0.3) is 5.91 Å². The minimum Gasteiger partial charge on any atom is -0.394 e. The van der Waals surface area contributed by atoms with Crippen LogP contribution in [0.15, 0.2) is 0 Å². The van der Waals surface area contributed by atoms with Gasteiger partial charge in [0, 0.05) is 0 Å². The molecule has 19 heavy (non-hydrogen) atoms. The molecular weight excluding hydrogens is 273 g/mol. The van der Waals surface area contributed by atoms with Gasteiger partial charge in [-0.3, -0.25) is 4.79 Å². The fourth-order valence-corrected chi connectivity index (χ4v) is 1.34. The van der Waals surface area contributed by atoms with Crippen molar-refractivity contribution in [1.82, 2.24) is 5.32 Å². The lowest BCUT2D eigenvalue weighted by Crippen LogP contribution is -2.38. The van der Waals surface area contributed by atoms with Crippen LogP contribution in [0.2, 0.25) is 0 Å². The van der Waals surface area contributed by atoms with Crippen LogP contribution < -0.4 is 5.32 Å². The summed E-state index contributed by atoms with van der Waals surface area (Å²) in [7, 11) is 0. The monoisotopic (exact) mass is 283 g/mol. The number of carbonyl (C=O) groups excluding carboxylic acids is 1. The maximum Gasteiger partial charge on any atom is 0.257 e. The van der Waals surface area contributed by atoms with E-state index in [0.717, 1.165) is 0 Å². The summed E-state index contributed by atoms with van der Waals surface area (Å²) in [5.74, 6) is -12.6. The Balaban J connectivity index is 3.24. The third kappa shape index (κ3) is 2.83. The Hall–Kier alpha value is -1.70. The van der Waals surface area contributed by atoms with E-state index in [-0.39, 0.29) is 6.42 Å². The highest BCUT2D eigenvalue weighted by molar-refractivity contribution is 5.95. The molecule has 0 saturated carbocycles. The molecule has 0 aromatic heterocycles. The average molecular weight is 283 g/mol. The third-order valence-electron chi connectivity index (χ3n) is 2.49. The van der Waals surface area contributed by atoms with Gasteiger partial charge in [-0.1, -0.05) is 6.92 Å². The number of hydrogen-bond acceptors (Lipinski definition) is 2. The molecule has 3 nitrogen and oxygen atoms in total. The van der Waals surface area contributed by atoms with E-state index in [0.29, 0.717) is 0 Å². The van der Waals surface area contributed by atoms with Crippen LogP contribution in [-0.4, -0.2) is 23.7 Å². The number of benzene rings is 1. The van der Waals surface area contributed by atoms with Gasteiger partial charge in [-0.05, 0) is 6.42 Å². The zero-order valence-corrected chi connectivity index (χ0v) is 9.74. The number of halogens is 5. The number of aliphatic hydroxyl groups is 1. The fraction of sp³-hybridized carbons (Fsp3) is 0.364. The van der Waals surface area contributed by atoms with Gasteiger partial charge in [-0.15, -0.1) is 0 Å². The number of aliphatic hydroxyl groups excluding tert-OH is 1. The number of nitrogens with one attached hydrogen (secondary N) is 1. The van der Waals surface area contributed by atoms with Crippen LogP contribution in [-0.2, 0) is 0 Å². The van der Waals surface area contributed by atoms with Gasteiger partial charge in [0.1, 0.15) is 5.56 Å². The van der Waals surface area contributed by atoms with Gasteiger partial charge in [-0.25, -0.2) is 22.0 Å². The van der Waals surface area contributed by atoms with Crippen molar-refractivity contribution < 1.29 is 31.9 Å². The fourth-order valence-electron chi connectivity index (χ4n) is 1.34. The van der Waals surface area contributed by atoms with Gasteiger partial charge in [0.05, 0.1) is 12.6 Å². The molecule has 0 bridgehead atoms. The van der Waals surface area contributed by atoms with Crippen molar-refractivity contribution >= 4 is 5.91 Å². The summed E-state index contributed by atoms with van der Waals surface area (Å²) >= 11 is 0. The topological polar surface area (TPSA) is 49.3 Å². The summed E-state index contributed by atoms with van der Waals surface area (Å²) in [6, 6.07) is -0.845. The van der Waals surface area contributed by atoms with Crippen LogP contribution in [0.3, 0.4) is 0 Å². The second-order valence-corrected chi connectivity index (χ2v) is 3.71. The zero-order valence-electron chi connectivity index (χ0n) is 9.74. The highest BCUT2D eigenvalue weighted by Crippen LogP contribution is 2.23. The summed E-state index contributed by atoms with van der Waals surface area (Å²) in [6.45, 7) is 1.03. The first-order valence-electron chi connectivity index (χ1n) is 5.28. The Morgan fingerprint density at radius 1 is 1.05 bits per heavy atom. The van der Waals surface area contributed by atoms with Gasteiger partial charge in [0.2, 0.25) is 5.82 Å². The van der Waals surface area contributed by atoms with E-state index >= 15 is 0 Å². The van der Waals surface area contributed by atoms with E-state index < -0.39 is 53.2 Å². The van der Waals surface area contributed by atoms with E-state index in [1.165, 1.54) is 0 Å². The maximum absolute atomic E-state index is 13.3. The molecule has 1 aromatic rings. The largest absolute Gasteiger partial charge is 0.394 e. The lowest BCUT2D eigenvalue weighted by Gasteiger charge is -2.15. The van der Waals surface area contributed by atoms with Gasteiger partial charge >= 0.3 is 0 Å². The van der Waals surface area contributed by atoms with Crippen molar-refractivity contribution in [3.8, 4) is 0 Å². The molecule has 0 radical (unpaired) electrons. The maximum atomic E-state index is 13.3. The number of rotatable bonds is 4. The van der Waals surface area contributed by atoms with Crippen molar-refractivity contribution in [2.24, 2.45) is 0 Å². The summed E-state index contributed by atoms with van der Waals surface area (Å²) in [6.07, 6.45) is 0.220. The average Bonchev–Trinajstić information content (AvgIpc) is 2.40. The molecule has 8 heteroatoms. The number of hydrogen-bond donors (Lipinski definition) is 2. The van der Waals surface area contributed by atoms with E-state index in [1.807, 2.05) is 5.32 Å². The molecule has 0 heterocycles. The van der Waals surface area contributed by atoms with E-state index in [4.69, 9.17) is 5.11 Å². The molecule has 0 fully saturated rings. The molecule has 0 aliphatic rings. The van der Waals surface area contributed by atoms with Crippen molar-refractivity contribution in [3.63, 3.8) is 0 Å². The standard InChI is InChI=1S/C11H10F5NO2/c1-2-4(3-18)17-11(19)5-6(12)8(14)10(16)9(15)7(5)13/h4,18H,2-3H2,1H3,(H,17,19)/t4-/m1/s1. The Kier molecular flexibility index (Phi) is 4.82. The molecule has 106 valence electrons. The Morgan fingerprint density at radius 2 is 1.47 bits per heavy atom. The van der Waals surface area contributed by atoms with Gasteiger partial charge < -0.3 is 10.4 Å². The number of carbonyl (C=O) groups is 1. The summed E-state index contributed by atoms with van der Waals surface area (Å²) in [4.78, 5) is 11.5. The van der Waals surface area contributed by atoms with Crippen molar-refractivity contribution in [3.05, 3.63) is 34.6 Å². The quantitative estimate of drug-likeness (QED) is 0.503. The van der Waals surface area contributed by atoms with Crippen LogP contribution in [0.25, 0.3) is 0 Å². The minimum absolute atomic E-state index is 0.220. The molecule has 2 N–H and O–H groups in total. The molecule has 0 unspecified atom stereocenters. The van der Waals surface area contributed by atoms with Crippen LogP contribution in [0.1, 0.15) is 23.7 Å². The van der Waals surface area contributed by atoms with Crippen molar-refractivity contribution in [1.29, 1.82) is 0 Å². The first-order valence-corrected chi connectivity index (χ1v) is 5.28. The van der Waals surface area contributed by atoms with Crippen LogP contribution in [0.5, 0.6) is 0 Å². The van der Waals surface area contributed by atoms with Gasteiger partial charge in [0.15, 0.2) is 23.3 Å². The second-order valence-electron chi connectivity index (χ2n) is 3.71. The summed E-state index contributed by atoms with van der Waals surface area (Å²) < 4.78 is 65.0. The highest BCUT2D eigenvalue weighted by atomic mass is 19.2.